The highest BCUT2D eigenvalue weighted by atomic mass is 16.5. The van der Waals surface area contributed by atoms with Gasteiger partial charge in [-0.3, -0.25) is 14.2 Å². The average Bonchev–Trinajstić information content (AvgIpc) is 3.10. The number of nitrogens with zero attached hydrogens (tertiary/aromatic N) is 2. The van der Waals surface area contributed by atoms with Crippen LogP contribution in [0.4, 0.5) is 0 Å². The van der Waals surface area contributed by atoms with Crippen molar-refractivity contribution in [1.29, 1.82) is 0 Å². The van der Waals surface area contributed by atoms with E-state index in [4.69, 9.17) is 4.74 Å². The summed E-state index contributed by atoms with van der Waals surface area (Å²) in [6.45, 7) is 2.63. The number of rotatable bonds is 6. The summed E-state index contributed by atoms with van der Waals surface area (Å²) in [6, 6.07) is 13.5. The Hall–Kier alpha value is -3.61. The molecule has 0 atom stereocenters. The fourth-order valence-corrected chi connectivity index (χ4v) is 3.42. The van der Waals surface area contributed by atoms with Gasteiger partial charge in [-0.05, 0) is 25.1 Å². The first-order valence-corrected chi connectivity index (χ1v) is 9.43. The Labute approximate surface area is 167 Å². The maximum Gasteiger partial charge on any atom is 0.277 e. The molecule has 0 bridgehead atoms. The maximum atomic E-state index is 12.8. The zero-order valence-electron chi connectivity index (χ0n) is 16.4. The number of para-hydroxylation sites is 1. The lowest BCUT2D eigenvalue weighted by atomic mass is 10.2. The Morgan fingerprint density at radius 2 is 2.07 bits per heavy atom. The van der Waals surface area contributed by atoms with E-state index in [2.05, 4.69) is 15.3 Å². The van der Waals surface area contributed by atoms with Crippen molar-refractivity contribution in [2.75, 3.05) is 7.11 Å². The van der Waals surface area contributed by atoms with Crippen molar-refractivity contribution in [2.24, 2.45) is 0 Å². The second-order valence-corrected chi connectivity index (χ2v) is 6.98. The average molecular weight is 390 g/mol. The lowest BCUT2D eigenvalue weighted by molar-refractivity contribution is -0.121. The first-order chi connectivity index (χ1) is 14.1. The molecule has 0 aliphatic carbocycles. The normalized spacial score (nSPS) is 11.1. The number of benzene rings is 2. The van der Waals surface area contributed by atoms with Gasteiger partial charge in [0, 0.05) is 36.0 Å². The molecule has 0 aliphatic heterocycles. The molecule has 2 aromatic carbocycles. The Morgan fingerprint density at radius 3 is 2.90 bits per heavy atom. The summed E-state index contributed by atoms with van der Waals surface area (Å²) in [5.41, 5.74) is 3.82. The van der Waals surface area contributed by atoms with Gasteiger partial charge in [-0.25, -0.2) is 4.98 Å². The van der Waals surface area contributed by atoms with E-state index >= 15 is 0 Å². The Morgan fingerprint density at radius 1 is 1.24 bits per heavy atom. The monoisotopic (exact) mass is 390 g/mol. The zero-order valence-corrected chi connectivity index (χ0v) is 16.4. The van der Waals surface area contributed by atoms with Crippen LogP contribution in [0.3, 0.4) is 0 Å². The number of amides is 1. The van der Waals surface area contributed by atoms with E-state index in [9.17, 15) is 9.59 Å². The summed E-state index contributed by atoms with van der Waals surface area (Å²) in [5.74, 6) is 0.586. The van der Waals surface area contributed by atoms with Gasteiger partial charge in [0.1, 0.15) is 16.8 Å². The first-order valence-electron chi connectivity index (χ1n) is 9.43. The van der Waals surface area contributed by atoms with Gasteiger partial charge in [-0.2, -0.15) is 0 Å². The van der Waals surface area contributed by atoms with Gasteiger partial charge in [0.2, 0.25) is 5.91 Å². The van der Waals surface area contributed by atoms with Gasteiger partial charge in [-0.15, -0.1) is 0 Å². The van der Waals surface area contributed by atoms with Crippen LogP contribution in [0, 0.1) is 6.92 Å². The van der Waals surface area contributed by atoms with Crippen LogP contribution in [0.1, 0.15) is 17.5 Å². The van der Waals surface area contributed by atoms with E-state index < -0.39 is 0 Å². The standard InChI is InChI=1S/C22H22N4O3/c1-14-7-8-17-16(11-14)20-21(25-17)22(28)26(13-24-20)10-9-19(27)23-12-15-5-3-4-6-18(15)29-2/h3-8,11,13,25H,9-10,12H2,1-2H3,(H,23,27). The van der Waals surface area contributed by atoms with Crippen molar-refractivity contribution >= 4 is 27.8 Å². The molecule has 7 heteroatoms. The van der Waals surface area contributed by atoms with Crippen LogP contribution in [0.25, 0.3) is 21.9 Å². The lowest BCUT2D eigenvalue weighted by Gasteiger charge is -2.10. The second-order valence-electron chi connectivity index (χ2n) is 6.98. The third-order valence-electron chi connectivity index (χ3n) is 4.98. The first kappa shape index (κ1) is 18.7. The molecule has 0 fully saturated rings. The molecular weight excluding hydrogens is 368 g/mol. The Kier molecular flexibility index (Phi) is 5.03. The van der Waals surface area contributed by atoms with E-state index in [1.165, 1.54) is 10.9 Å². The number of H-pyrrole nitrogens is 1. The summed E-state index contributed by atoms with van der Waals surface area (Å²) < 4.78 is 6.75. The molecule has 7 nitrogen and oxygen atoms in total. The molecule has 0 unspecified atom stereocenters. The van der Waals surface area contributed by atoms with Crippen molar-refractivity contribution in [3.05, 3.63) is 70.3 Å². The van der Waals surface area contributed by atoms with Gasteiger partial charge in [-0.1, -0.05) is 29.8 Å². The lowest BCUT2D eigenvalue weighted by Crippen LogP contribution is -2.27. The summed E-state index contributed by atoms with van der Waals surface area (Å²) >= 11 is 0. The van der Waals surface area contributed by atoms with Gasteiger partial charge in [0.15, 0.2) is 0 Å². The number of fused-ring (bicyclic) bond motifs is 3. The smallest absolute Gasteiger partial charge is 0.277 e. The van der Waals surface area contributed by atoms with Crippen LogP contribution in [0.15, 0.2) is 53.6 Å². The second kappa shape index (κ2) is 7.79. The predicted octanol–water partition coefficient (Wildman–Crippen LogP) is 2.90. The molecule has 0 saturated heterocycles. The molecule has 4 aromatic rings. The number of ether oxygens (including phenoxy) is 1. The number of nitrogens with one attached hydrogen (secondary N) is 2. The highest BCUT2D eigenvalue weighted by molar-refractivity contribution is 6.04. The quantitative estimate of drug-likeness (QED) is 0.530. The van der Waals surface area contributed by atoms with Gasteiger partial charge < -0.3 is 15.0 Å². The fraction of sp³-hybridized carbons (Fsp3) is 0.227. The minimum Gasteiger partial charge on any atom is -0.496 e. The number of aromatic nitrogens is 3. The van der Waals surface area contributed by atoms with E-state index in [1.807, 2.05) is 49.4 Å². The summed E-state index contributed by atoms with van der Waals surface area (Å²) in [6.07, 6.45) is 1.69. The van der Waals surface area contributed by atoms with Crippen LogP contribution in [-0.2, 0) is 17.9 Å². The van der Waals surface area contributed by atoms with Crippen LogP contribution in [0.5, 0.6) is 5.75 Å². The van der Waals surface area contributed by atoms with Gasteiger partial charge in [0.05, 0.1) is 13.4 Å². The Bertz CT molecular complexity index is 1260. The molecule has 148 valence electrons. The van der Waals surface area contributed by atoms with E-state index in [0.29, 0.717) is 17.6 Å². The molecule has 0 spiro atoms. The molecule has 4 rings (SSSR count). The highest BCUT2D eigenvalue weighted by Crippen LogP contribution is 2.22. The van der Waals surface area contributed by atoms with Crippen LogP contribution < -0.4 is 15.6 Å². The van der Waals surface area contributed by atoms with Gasteiger partial charge in [0.25, 0.3) is 5.56 Å². The predicted molar refractivity (Wildman–Crippen MR) is 112 cm³/mol. The number of carbonyl (C=O) groups excluding carboxylic acids is 1. The minimum absolute atomic E-state index is 0.143. The summed E-state index contributed by atoms with van der Waals surface area (Å²) in [5, 5.41) is 3.80. The molecule has 2 N–H and O–H groups in total. The molecule has 1 amide bonds. The third-order valence-corrected chi connectivity index (χ3v) is 4.98. The van der Waals surface area contributed by atoms with E-state index in [-0.39, 0.29) is 24.4 Å². The minimum atomic E-state index is -0.179. The summed E-state index contributed by atoms with van der Waals surface area (Å²) in [7, 11) is 1.60. The van der Waals surface area contributed by atoms with E-state index in [1.54, 1.807) is 7.11 Å². The van der Waals surface area contributed by atoms with Crippen molar-refractivity contribution in [1.82, 2.24) is 19.9 Å². The largest absolute Gasteiger partial charge is 0.496 e. The molecule has 0 aliphatic rings. The molecule has 29 heavy (non-hydrogen) atoms. The summed E-state index contributed by atoms with van der Waals surface area (Å²) in [4.78, 5) is 32.6. The topological polar surface area (TPSA) is 89.0 Å². The van der Waals surface area contributed by atoms with Crippen molar-refractivity contribution in [2.45, 2.75) is 26.4 Å². The third kappa shape index (κ3) is 3.71. The number of aryl methyl sites for hydroxylation is 2. The van der Waals surface area contributed by atoms with Crippen molar-refractivity contribution in [3.63, 3.8) is 0 Å². The number of hydrogen-bond donors (Lipinski definition) is 2. The SMILES string of the molecule is COc1ccccc1CNC(=O)CCn1cnc2c([nH]c3ccc(C)cc32)c1=O. The number of methoxy groups -OCH3 is 1. The maximum absolute atomic E-state index is 12.8. The van der Waals surface area contributed by atoms with Gasteiger partial charge >= 0.3 is 0 Å². The molecule has 0 radical (unpaired) electrons. The van der Waals surface area contributed by atoms with Crippen LogP contribution in [0.2, 0.25) is 0 Å². The molecule has 2 aromatic heterocycles. The molecule has 0 saturated carbocycles. The van der Waals surface area contributed by atoms with E-state index in [0.717, 1.165) is 27.8 Å². The fourth-order valence-electron chi connectivity index (χ4n) is 3.42. The number of carbonyl (C=O) groups is 1. The number of aromatic amines is 1. The zero-order chi connectivity index (χ0) is 20.4. The van der Waals surface area contributed by atoms with Crippen LogP contribution in [-0.4, -0.2) is 27.6 Å². The highest BCUT2D eigenvalue weighted by Gasteiger charge is 2.12. The Balaban J connectivity index is 1.47. The number of hydrogen-bond acceptors (Lipinski definition) is 4. The van der Waals surface area contributed by atoms with Crippen molar-refractivity contribution in [3.8, 4) is 5.75 Å². The van der Waals surface area contributed by atoms with Crippen molar-refractivity contribution < 1.29 is 9.53 Å². The molecule has 2 heterocycles. The molecular formula is C22H22N4O3. The van der Waals surface area contributed by atoms with Crippen LogP contribution >= 0.6 is 0 Å².